The number of anilines is 1. The highest BCUT2D eigenvalue weighted by Gasteiger charge is 2.19. The van der Waals surface area contributed by atoms with Gasteiger partial charge in [-0.05, 0) is 40.0 Å². The van der Waals surface area contributed by atoms with E-state index in [1.54, 1.807) is 12.1 Å². The van der Waals surface area contributed by atoms with Crippen LogP contribution in [0.3, 0.4) is 0 Å². The van der Waals surface area contributed by atoms with Gasteiger partial charge in [0.1, 0.15) is 18.6 Å². The van der Waals surface area contributed by atoms with Gasteiger partial charge in [0.25, 0.3) is 0 Å². The topological polar surface area (TPSA) is 92.9 Å². The van der Waals surface area contributed by atoms with Gasteiger partial charge in [0.15, 0.2) is 0 Å². The standard InChI is InChI=1S/C14H19N5O2/c1-4-14(2,3)10-5-6-12(20)11(7-10)16-13(21)8-19-9-15-17-18-19/h5-7,9,20H,4,8H2,1-3H3,(H,16,21). The highest BCUT2D eigenvalue weighted by Crippen LogP contribution is 2.32. The zero-order valence-electron chi connectivity index (χ0n) is 12.4. The number of rotatable bonds is 5. The van der Waals surface area contributed by atoms with Crippen molar-refractivity contribution in [2.75, 3.05) is 5.32 Å². The first-order valence-electron chi connectivity index (χ1n) is 6.76. The predicted molar refractivity (Wildman–Crippen MR) is 77.9 cm³/mol. The van der Waals surface area contributed by atoms with Crippen molar-refractivity contribution in [3.63, 3.8) is 0 Å². The molecule has 0 aliphatic carbocycles. The number of hydrogen-bond acceptors (Lipinski definition) is 5. The van der Waals surface area contributed by atoms with Crippen LogP contribution in [0.4, 0.5) is 5.69 Å². The van der Waals surface area contributed by atoms with Crippen LogP contribution in [0.2, 0.25) is 0 Å². The fourth-order valence-corrected chi connectivity index (χ4v) is 1.85. The van der Waals surface area contributed by atoms with Gasteiger partial charge in [-0.15, -0.1) is 5.10 Å². The van der Waals surface area contributed by atoms with Gasteiger partial charge >= 0.3 is 0 Å². The number of aromatic hydroxyl groups is 1. The molecule has 1 aromatic heterocycles. The van der Waals surface area contributed by atoms with Crippen molar-refractivity contribution in [2.45, 2.75) is 39.2 Å². The Hall–Kier alpha value is -2.44. The number of nitrogens with one attached hydrogen (secondary N) is 1. The Labute approximate surface area is 123 Å². The Morgan fingerprint density at radius 2 is 2.19 bits per heavy atom. The Morgan fingerprint density at radius 1 is 1.43 bits per heavy atom. The van der Waals surface area contributed by atoms with E-state index in [1.165, 1.54) is 11.0 Å². The van der Waals surface area contributed by atoms with Crippen LogP contribution in [-0.2, 0) is 16.8 Å². The fraction of sp³-hybridized carbons (Fsp3) is 0.429. The monoisotopic (exact) mass is 289 g/mol. The van der Waals surface area contributed by atoms with Gasteiger partial charge < -0.3 is 10.4 Å². The molecule has 0 spiro atoms. The highest BCUT2D eigenvalue weighted by molar-refractivity contribution is 5.92. The molecule has 0 radical (unpaired) electrons. The van der Waals surface area contributed by atoms with Gasteiger partial charge in [0.2, 0.25) is 5.91 Å². The maximum atomic E-state index is 11.9. The average molecular weight is 289 g/mol. The zero-order chi connectivity index (χ0) is 15.5. The summed E-state index contributed by atoms with van der Waals surface area (Å²) in [5.74, 6) is -0.264. The number of phenols is 1. The number of hydrogen-bond donors (Lipinski definition) is 2. The number of phenolic OH excluding ortho intramolecular Hbond substituents is 1. The number of amides is 1. The van der Waals surface area contributed by atoms with E-state index in [1.807, 2.05) is 6.07 Å². The van der Waals surface area contributed by atoms with Gasteiger partial charge in [-0.3, -0.25) is 4.79 Å². The molecule has 0 aliphatic heterocycles. The summed E-state index contributed by atoms with van der Waals surface area (Å²) in [7, 11) is 0. The second-order valence-corrected chi connectivity index (χ2v) is 5.52. The molecule has 7 heteroatoms. The van der Waals surface area contributed by atoms with Crippen LogP contribution in [0.25, 0.3) is 0 Å². The lowest BCUT2D eigenvalue weighted by Gasteiger charge is -2.24. The number of carbonyl (C=O) groups excluding carboxylic acids is 1. The smallest absolute Gasteiger partial charge is 0.246 e. The van der Waals surface area contributed by atoms with Gasteiger partial charge in [-0.2, -0.15) is 0 Å². The molecule has 112 valence electrons. The maximum Gasteiger partial charge on any atom is 0.246 e. The third-order valence-electron chi connectivity index (χ3n) is 3.63. The second kappa shape index (κ2) is 5.90. The van der Waals surface area contributed by atoms with Gasteiger partial charge in [-0.25, -0.2) is 4.68 Å². The lowest BCUT2D eigenvalue weighted by atomic mass is 9.82. The van der Waals surface area contributed by atoms with E-state index in [0.717, 1.165) is 12.0 Å². The minimum atomic E-state index is -0.302. The Bertz CT molecular complexity index is 622. The summed E-state index contributed by atoms with van der Waals surface area (Å²) in [6.07, 6.45) is 2.31. The van der Waals surface area contributed by atoms with Crippen LogP contribution in [0.1, 0.15) is 32.8 Å². The first kappa shape index (κ1) is 15.0. The molecule has 1 heterocycles. The summed E-state index contributed by atoms with van der Waals surface area (Å²) in [4.78, 5) is 11.9. The molecule has 2 N–H and O–H groups in total. The summed E-state index contributed by atoms with van der Waals surface area (Å²) in [6.45, 7) is 6.33. The number of benzene rings is 1. The summed E-state index contributed by atoms with van der Waals surface area (Å²) in [5.41, 5.74) is 1.43. The molecule has 2 rings (SSSR count). The van der Waals surface area contributed by atoms with Crippen LogP contribution in [0.15, 0.2) is 24.5 Å². The van der Waals surface area contributed by atoms with Gasteiger partial charge in [0.05, 0.1) is 5.69 Å². The average Bonchev–Trinajstić information content (AvgIpc) is 2.93. The zero-order valence-corrected chi connectivity index (χ0v) is 12.4. The van der Waals surface area contributed by atoms with Crippen LogP contribution < -0.4 is 5.32 Å². The predicted octanol–water partition coefficient (Wildman–Crippen LogP) is 1.70. The normalized spacial score (nSPS) is 11.4. The van der Waals surface area contributed by atoms with Crippen LogP contribution in [-0.4, -0.2) is 31.2 Å². The first-order chi connectivity index (χ1) is 9.92. The van der Waals surface area contributed by atoms with E-state index in [-0.39, 0.29) is 23.6 Å². The van der Waals surface area contributed by atoms with Crippen molar-refractivity contribution in [1.29, 1.82) is 0 Å². The molecule has 1 amide bonds. The lowest BCUT2D eigenvalue weighted by molar-refractivity contribution is -0.116. The van der Waals surface area contributed by atoms with E-state index in [0.29, 0.717) is 5.69 Å². The highest BCUT2D eigenvalue weighted by atomic mass is 16.3. The van der Waals surface area contributed by atoms with Crippen LogP contribution >= 0.6 is 0 Å². The first-order valence-corrected chi connectivity index (χ1v) is 6.76. The molecule has 0 saturated carbocycles. The maximum absolute atomic E-state index is 11.9. The Morgan fingerprint density at radius 3 is 2.81 bits per heavy atom. The van der Waals surface area contributed by atoms with Crippen molar-refractivity contribution in [3.8, 4) is 5.75 Å². The van der Waals surface area contributed by atoms with Crippen molar-refractivity contribution < 1.29 is 9.90 Å². The molecule has 0 unspecified atom stereocenters. The summed E-state index contributed by atoms with van der Waals surface area (Å²) in [5, 5.41) is 23.1. The van der Waals surface area contributed by atoms with E-state index >= 15 is 0 Å². The minimum Gasteiger partial charge on any atom is -0.506 e. The molecule has 0 aliphatic rings. The van der Waals surface area contributed by atoms with E-state index in [4.69, 9.17) is 0 Å². The molecule has 7 nitrogen and oxygen atoms in total. The fourth-order valence-electron chi connectivity index (χ4n) is 1.85. The number of tetrazole rings is 1. The van der Waals surface area contributed by atoms with Crippen LogP contribution in [0.5, 0.6) is 5.75 Å². The Kier molecular flexibility index (Phi) is 4.21. The van der Waals surface area contributed by atoms with Gasteiger partial charge in [-0.1, -0.05) is 26.8 Å². The summed E-state index contributed by atoms with van der Waals surface area (Å²) >= 11 is 0. The largest absolute Gasteiger partial charge is 0.506 e. The number of aromatic nitrogens is 4. The quantitative estimate of drug-likeness (QED) is 0.817. The van der Waals surface area contributed by atoms with Crippen molar-refractivity contribution in [2.24, 2.45) is 0 Å². The molecule has 0 atom stereocenters. The van der Waals surface area contributed by atoms with Crippen LogP contribution in [0, 0.1) is 0 Å². The van der Waals surface area contributed by atoms with Gasteiger partial charge in [0, 0.05) is 0 Å². The summed E-state index contributed by atoms with van der Waals surface area (Å²) in [6, 6.07) is 5.27. The lowest BCUT2D eigenvalue weighted by Crippen LogP contribution is -2.20. The van der Waals surface area contributed by atoms with Crippen molar-refractivity contribution >= 4 is 11.6 Å². The Balaban J connectivity index is 2.15. The molecule has 2 aromatic rings. The minimum absolute atomic E-state index is 0.00611. The van der Waals surface area contributed by atoms with E-state index in [9.17, 15) is 9.90 Å². The third-order valence-corrected chi connectivity index (χ3v) is 3.63. The van der Waals surface area contributed by atoms with E-state index in [2.05, 4.69) is 41.6 Å². The molecule has 0 bridgehead atoms. The number of nitrogens with zero attached hydrogens (tertiary/aromatic N) is 4. The molecule has 0 saturated heterocycles. The molecular weight excluding hydrogens is 270 g/mol. The SMILES string of the molecule is CCC(C)(C)c1ccc(O)c(NC(=O)Cn2cnnn2)c1. The molecule has 0 fully saturated rings. The molecule has 21 heavy (non-hydrogen) atoms. The van der Waals surface area contributed by atoms with Crippen molar-refractivity contribution in [1.82, 2.24) is 20.2 Å². The third kappa shape index (κ3) is 3.56. The molecular formula is C14H19N5O2. The number of carbonyl (C=O) groups is 1. The molecule has 1 aromatic carbocycles. The second-order valence-electron chi connectivity index (χ2n) is 5.52. The van der Waals surface area contributed by atoms with E-state index < -0.39 is 0 Å². The van der Waals surface area contributed by atoms with Crippen molar-refractivity contribution in [3.05, 3.63) is 30.1 Å². The summed E-state index contributed by atoms with van der Waals surface area (Å²) < 4.78 is 1.31.